The van der Waals surface area contributed by atoms with Gasteiger partial charge in [-0.3, -0.25) is 9.80 Å². The zero-order chi connectivity index (χ0) is 15.6. The summed E-state index contributed by atoms with van der Waals surface area (Å²) in [6.45, 7) is 8.88. The number of nitrogens with zero attached hydrogens (tertiary/aromatic N) is 7. The summed E-state index contributed by atoms with van der Waals surface area (Å²) < 4.78 is 5.02. The van der Waals surface area contributed by atoms with Gasteiger partial charge in [0.15, 0.2) is 5.82 Å². The number of hydrogen-bond donors (Lipinski definition) is 0. The van der Waals surface area contributed by atoms with E-state index in [9.17, 15) is 0 Å². The molecule has 0 radical (unpaired) electrons. The van der Waals surface area contributed by atoms with E-state index in [-0.39, 0.29) is 0 Å². The van der Waals surface area contributed by atoms with Crippen LogP contribution in [-0.2, 0) is 6.54 Å². The Bertz CT molecular complexity index is 632. The van der Waals surface area contributed by atoms with Crippen LogP contribution in [0, 0.1) is 6.92 Å². The third-order valence-electron chi connectivity index (χ3n) is 4.54. The van der Waals surface area contributed by atoms with Crippen molar-refractivity contribution in [3.63, 3.8) is 0 Å². The molecule has 122 valence electrons. The fourth-order valence-corrected chi connectivity index (χ4v) is 3.25. The van der Waals surface area contributed by atoms with Gasteiger partial charge in [0.05, 0.1) is 6.54 Å². The van der Waals surface area contributed by atoms with E-state index >= 15 is 0 Å². The third-order valence-corrected chi connectivity index (χ3v) is 4.54. The molecule has 0 N–H and O–H groups in total. The number of aromatic nitrogens is 4. The van der Waals surface area contributed by atoms with Gasteiger partial charge in [-0.15, -0.1) is 0 Å². The van der Waals surface area contributed by atoms with Crippen LogP contribution >= 0.6 is 0 Å². The summed E-state index contributed by atoms with van der Waals surface area (Å²) in [5.74, 6) is 2.26. The van der Waals surface area contributed by atoms with Gasteiger partial charge in [0.25, 0.3) is 0 Å². The molecular weight excluding hydrogens is 294 g/mol. The molecule has 0 bridgehead atoms. The Kier molecular flexibility index (Phi) is 3.92. The summed E-state index contributed by atoms with van der Waals surface area (Å²) in [5, 5.41) is 3.96. The predicted molar refractivity (Wildman–Crippen MR) is 83.9 cm³/mol. The van der Waals surface area contributed by atoms with E-state index in [0.717, 1.165) is 57.6 Å². The van der Waals surface area contributed by atoms with Gasteiger partial charge in [0.2, 0.25) is 11.8 Å². The normalized spacial score (nSPS) is 20.7. The van der Waals surface area contributed by atoms with Crippen LogP contribution < -0.4 is 4.90 Å². The SMILES string of the molecule is Cc1nc(CN2CC(N3CCN(c4ncccn4)CC3)C2)no1. The molecule has 0 aliphatic carbocycles. The minimum Gasteiger partial charge on any atom is -0.340 e. The van der Waals surface area contributed by atoms with Crippen LogP contribution in [-0.4, -0.2) is 75.2 Å². The number of piperazine rings is 1. The molecule has 2 saturated heterocycles. The molecule has 0 saturated carbocycles. The highest BCUT2D eigenvalue weighted by molar-refractivity contribution is 5.29. The van der Waals surface area contributed by atoms with Crippen LogP contribution in [0.25, 0.3) is 0 Å². The van der Waals surface area contributed by atoms with Gasteiger partial charge >= 0.3 is 0 Å². The van der Waals surface area contributed by atoms with Crippen LogP contribution in [0.3, 0.4) is 0 Å². The topological polar surface area (TPSA) is 74.4 Å². The number of aryl methyl sites for hydroxylation is 1. The summed E-state index contributed by atoms with van der Waals surface area (Å²) in [6.07, 6.45) is 3.61. The lowest BCUT2D eigenvalue weighted by atomic mass is 10.1. The van der Waals surface area contributed by atoms with Gasteiger partial charge < -0.3 is 9.42 Å². The molecule has 2 aromatic heterocycles. The Hall–Kier alpha value is -2.06. The summed E-state index contributed by atoms with van der Waals surface area (Å²) in [6, 6.07) is 2.50. The number of anilines is 1. The predicted octanol–water partition coefficient (Wildman–Crippen LogP) is 0.174. The maximum absolute atomic E-state index is 5.02. The minimum atomic E-state index is 0.635. The Morgan fingerprint density at radius 1 is 1.13 bits per heavy atom. The summed E-state index contributed by atoms with van der Waals surface area (Å²) in [7, 11) is 0. The largest absolute Gasteiger partial charge is 0.340 e. The zero-order valence-corrected chi connectivity index (χ0v) is 13.3. The lowest BCUT2D eigenvalue weighted by molar-refractivity contribution is 0.0235. The molecule has 0 atom stereocenters. The summed E-state index contributed by atoms with van der Waals surface area (Å²) in [4.78, 5) is 20.1. The quantitative estimate of drug-likeness (QED) is 0.791. The Morgan fingerprint density at radius 3 is 2.52 bits per heavy atom. The molecule has 2 aliphatic heterocycles. The first-order chi connectivity index (χ1) is 11.3. The highest BCUT2D eigenvalue weighted by Crippen LogP contribution is 2.19. The van der Waals surface area contributed by atoms with E-state index in [1.807, 2.05) is 13.0 Å². The molecule has 0 amide bonds. The van der Waals surface area contributed by atoms with E-state index in [4.69, 9.17) is 4.52 Å². The molecule has 2 aromatic rings. The molecule has 0 spiro atoms. The molecular formula is C15H21N7O. The van der Waals surface area contributed by atoms with Crippen molar-refractivity contribution in [2.75, 3.05) is 44.2 Å². The number of likely N-dealkylation sites (tertiary alicyclic amines) is 1. The maximum Gasteiger partial charge on any atom is 0.225 e. The van der Waals surface area contributed by atoms with E-state index < -0.39 is 0 Å². The Morgan fingerprint density at radius 2 is 1.87 bits per heavy atom. The van der Waals surface area contributed by atoms with Crippen molar-refractivity contribution in [2.45, 2.75) is 19.5 Å². The Labute approximate surface area is 135 Å². The Balaban J connectivity index is 1.23. The van der Waals surface area contributed by atoms with E-state index in [0.29, 0.717) is 11.9 Å². The van der Waals surface area contributed by atoms with E-state index in [1.54, 1.807) is 12.4 Å². The van der Waals surface area contributed by atoms with Crippen LogP contribution in [0.5, 0.6) is 0 Å². The summed E-state index contributed by atoms with van der Waals surface area (Å²) >= 11 is 0. The van der Waals surface area contributed by atoms with Crippen LogP contribution in [0.15, 0.2) is 23.0 Å². The van der Waals surface area contributed by atoms with Crippen LogP contribution in [0.2, 0.25) is 0 Å². The maximum atomic E-state index is 5.02. The van der Waals surface area contributed by atoms with Crippen LogP contribution in [0.4, 0.5) is 5.95 Å². The van der Waals surface area contributed by atoms with Gasteiger partial charge in [0, 0.05) is 64.6 Å². The molecule has 0 unspecified atom stereocenters. The van der Waals surface area contributed by atoms with Crippen molar-refractivity contribution in [3.8, 4) is 0 Å². The van der Waals surface area contributed by atoms with Gasteiger partial charge in [-0.25, -0.2) is 9.97 Å². The molecule has 2 aliphatic rings. The zero-order valence-electron chi connectivity index (χ0n) is 13.3. The molecule has 4 heterocycles. The second-order valence-corrected chi connectivity index (χ2v) is 6.15. The van der Waals surface area contributed by atoms with Crippen molar-refractivity contribution in [2.24, 2.45) is 0 Å². The van der Waals surface area contributed by atoms with Crippen molar-refractivity contribution >= 4 is 5.95 Å². The number of hydrogen-bond acceptors (Lipinski definition) is 8. The van der Waals surface area contributed by atoms with Gasteiger partial charge in [-0.1, -0.05) is 5.16 Å². The van der Waals surface area contributed by atoms with E-state index in [2.05, 4.69) is 34.8 Å². The smallest absolute Gasteiger partial charge is 0.225 e. The molecule has 2 fully saturated rings. The first kappa shape index (κ1) is 14.5. The molecule has 8 nitrogen and oxygen atoms in total. The first-order valence-corrected chi connectivity index (χ1v) is 8.05. The van der Waals surface area contributed by atoms with Crippen molar-refractivity contribution in [1.82, 2.24) is 29.9 Å². The lowest BCUT2D eigenvalue weighted by Gasteiger charge is -2.47. The van der Waals surface area contributed by atoms with Gasteiger partial charge in [-0.05, 0) is 6.07 Å². The highest BCUT2D eigenvalue weighted by atomic mass is 16.5. The first-order valence-electron chi connectivity index (χ1n) is 8.05. The monoisotopic (exact) mass is 315 g/mol. The van der Waals surface area contributed by atoms with E-state index in [1.165, 1.54) is 0 Å². The van der Waals surface area contributed by atoms with Crippen molar-refractivity contribution in [1.29, 1.82) is 0 Å². The molecule has 0 aromatic carbocycles. The molecule has 4 rings (SSSR count). The fourth-order valence-electron chi connectivity index (χ4n) is 3.25. The lowest BCUT2D eigenvalue weighted by Crippen LogP contribution is -2.62. The van der Waals surface area contributed by atoms with Crippen molar-refractivity contribution < 1.29 is 4.52 Å². The standard InChI is InChI=1S/C15H21N7O/c1-12-18-14(19-23-12)11-20-9-13(10-20)21-5-7-22(8-6-21)15-16-3-2-4-17-15/h2-4,13H,5-11H2,1H3. The number of rotatable bonds is 4. The van der Waals surface area contributed by atoms with Crippen molar-refractivity contribution in [3.05, 3.63) is 30.2 Å². The second-order valence-electron chi connectivity index (χ2n) is 6.15. The molecule has 23 heavy (non-hydrogen) atoms. The fraction of sp³-hybridized carbons (Fsp3) is 0.600. The van der Waals surface area contributed by atoms with Gasteiger partial charge in [0.1, 0.15) is 0 Å². The van der Waals surface area contributed by atoms with Crippen LogP contribution in [0.1, 0.15) is 11.7 Å². The summed E-state index contributed by atoms with van der Waals surface area (Å²) in [5.41, 5.74) is 0. The molecule has 8 heteroatoms. The average Bonchev–Trinajstić information content (AvgIpc) is 2.97. The second kappa shape index (κ2) is 6.21. The highest BCUT2D eigenvalue weighted by Gasteiger charge is 2.34. The van der Waals surface area contributed by atoms with Gasteiger partial charge in [-0.2, -0.15) is 4.98 Å². The third kappa shape index (κ3) is 3.18. The minimum absolute atomic E-state index is 0.635. The average molecular weight is 315 g/mol.